The summed E-state index contributed by atoms with van der Waals surface area (Å²) in [5, 5.41) is 7.43. The Morgan fingerprint density at radius 3 is 2.58 bits per heavy atom. The first-order valence-corrected chi connectivity index (χ1v) is 9.90. The second-order valence-corrected chi connectivity index (χ2v) is 7.94. The molecule has 0 radical (unpaired) electrons. The van der Waals surface area contributed by atoms with Crippen LogP contribution in [-0.4, -0.2) is 39.4 Å². The summed E-state index contributed by atoms with van der Waals surface area (Å²) in [6, 6.07) is 9.10. The van der Waals surface area contributed by atoms with E-state index in [-0.39, 0.29) is 17.9 Å². The highest BCUT2D eigenvalue weighted by atomic mass is 16.5. The molecule has 0 spiro atoms. The molecule has 3 aromatic rings. The minimum atomic E-state index is -0.338. The fraction of sp³-hybridized carbons (Fsp3) is 0.304. The smallest absolute Gasteiger partial charge is 0.263 e. The van der Waals surface area contributed by atoms with Crippen molar-refractivity contribution in [3.8, 4) is 17.4 Å². The predicted octanol–water partition coefficient (Wildman–Crippen LogP) is 3.71. The lowest BCUT2D eigenvalue weighted by molar-refractivity contribution is -0.118. The number of rotatable bonds is 8. The van der Waals surface area contributed by atoms with Crippen LogP contribution in [-0.2, 0) is 16.6 Å². The van der Waals surface area contributed by atoms with E-state index in [4.69, 9.17) is 9.47 Å². The maximum atomic E-state index is 12.6. The summed E-state index contributed by atoms with van der Waals surface area (Å²) in [7, 11) is 1.56. The highest BCUT2D eigenvalue weighted by molar-refractivity contribution is 5.91. The molecule has 162 valence electrons. The summed E-state index contributed by atoms with van der Waals surface area (Å²) < 4.78 is 12.6. The fourth-order valence-corrected chi connectivity index (χ4v) is 2.84. The maximum Gasteiger partial charge on any atom is 0.263 e. The second kappa shape index (κ2) is 9.42. The van der Waals surface area contributed by atoms with Crippen LogP contribution in [0.2, 0.25) is 0 Å². The molecule has 0 atom stereocenters. The molecule has 0 unspecified atom stereocenters. The number of aromatic nitrogens is 4. The van der Waals surface area contributed by atoms with Crippen molar-refractivity contribution in [2.45, 2.75) is 32.6 Å². The lowest BCUT2D eigenvalue weighted by atomic mass is 9.92. The van der Waals surface area contributed by atoms with E-state index in [0.717, 1.165) is 17.7 Å². The van der Waals surface area contributed by atoms with Gasteiger partial charge >= 0.3 is 0 Å². The quantitative estimate of drug-likeness (QED) is 0.558. The first kappa shape index (κ1) is 22.0. The third kappa shape index (κ3) is 5.48. The fourth-order valence-electron chi connectivity index (χ4n) is 2.84. The van der Waals surface area contributed by atoms with Crippen molar-refractivity contribution >= 4 is 11.7 Å². The number of ether oxygens (including phenoxy) is 2. The third-order valence-electron chi connectivity index (χ3n) is 4.45. The molecule has 2 heterocycles. The number of carbonyl (C=O) groups excluding carboxylic acids is 1. The van der Waals surface area contributed by atoms with Crippen molar-refractivity contribution < 1.29 is 14.3 Å². The van der Waals surface area contributed by atoms with Gasteiger partial charge in [-0.25, -0.2) is 9.97 Å². The molecule has 2 aromatic heterocycles. The number of methoxy groups -OCH3 is 1. The van der Waals surface area contributed by atoms with Gasteiger partial charge in [0.25, 0.3) is 11.9 Å². The number of anilines is 1. The summed E-state index contributed by atoms with van der Waals surface area (Å²) in [5.41, 5.74) is 1.64. The van der Waals surface area contributed by atoms with Crippen LogP contribution in [0.25, 0.3) is 5.95 Å². The SMILES string of the molecule is C=CCc1ccc(OCC(=O)Nc2cc(C(C)(C)C)nn2-c2ncccn2)c(OC)c1. The molecule has 1 N–H and O–H groups in total. The standard InChI is InChI=1S/C23H27N5O3/c1-6-8-16-9-10-17(18(13-16)30-5)31-15-21(29)26-20-14-19(23(2,3)4)27-28(20)22-24-11-7-12-25-22/h6-7,9-14H,1,8,15H2,2-5H3,(H,26,29). The van der Waals surface area contributed by atoms with E-state index < -0.39 is 0 Å². The summed E-state index contributed by atoms with van der Waals surface area (Å²) >= 11 is 0. The van der Waals surface area contributed by atoms with E-state index in [2.05, 4.69) is 27.0 Å². The molecular weight excluding hydrogens is 394 g/mol. The van der Waals surface area contributed by atoms with Crippen LogP contribution < -0.4 is 14.8 Å². The lowest BCUT2D eigenvalue weighted by Crippen LogP contribution is -2.22. The van der Waals surface area contributed by atoms with Crippen LogP contribution in [0.4, 0.5) is 5.82 Å². The molecule has 1 amide bonds. The van der Waals surface area contributed by atoms with Crippen LogP contribution in [0.5, 0.6) is 11.5 Å². The van der Waals surface area contributed by atoms with Gasteiger partial charge in [0.15, 0.2) is 18.1 Å². The number of benzene rings is 1. The van der Waals surface area contributed by atoms with Gasteiger partial charge in [0, 0.05) is 23.9 Å². The van der Waals surface area contributed by atoms with E-state index >= 15 is 0 Å². The molecular formula is C23H27N5O3. The van der Waals surface area contributed by atoms with Crippen LogP contribution in [0.1, 0.15) is 32.0 Å². The van der Waals surface area contributed by atoms with Gasteiger partial charge in [-0.15, -0.1) is 6.58 Å². The Labute approximate surface area is 181 Å². The van der Waals surface area contributed by atoms with Crippen molar-refractivity contribution in [3.63, 3.8) is 0 Å². The number of nitrogens with one attached hydrogen (secondary N) is 1. The highest BCUT2D eigenvalue weighted by Gasteiger charge is 2.22. The molecule has 0 aliphatic heterocycles. The largest absolute Gasteiger partial charge is 0.493 e. The molecule has 1 aromatic carbocycles. The number of allylic oxidation sites excluding steroid dienone is 1. The monoisotopic (exact) mass is 421 g/mol. The summed E-state index contributed by atoms with van der Waals surface area (Å²) in [5.74, 6) is 1.55. The van der Waals surface area contributed by atoms with Crippen LogP contribution in [0.3, 0.4) is 0 Å². The van der Waals surface area contributed by atoms with Gasteiger partial charge in [0.1, 0.15) is 5.82 Å². The molecule has 31 heavy (non-hydrogen) atoms. The Balaban J connectivity index is 1.76. The minimum Gasteiger partial charge on any atom is -0.493 e. The molecule has 0 saturated carbocycles. The van der Waals surface area contributed by atoms with E-state index in [1.807, 2.05) is 45.0 Å². The molecule has 0 aliphatic carbocycles. The normalized spacial score (nSPS) is 11.1. The van der Waals surface area contributed by atoms with Crippen LogP contribution >= 0.6 is 0 Å². The van der Waals surface area contributed by atoms with Gasteiger partial charge in [-0.1, -0.05) is 32.9 Å². The molecule has 0 aliphatic rings. The van der Waals surface area contributed by atoms with Gasteiger partial charge in [-0.2, -0.15) is 9.78 Å². The Morgan fingerprint density at radius 1 is 1.19 bits per heavy atom. The zero-order valence-electron chi connectivity index (χ0n) is 18.3. The molecule has 0 bridgehead atoms. The summed E-state index contributed by atoms with van der Waals surface area (Å²) in [4.78, 5) is 21.1. The zero-order chi connectivity index (χ0) is 22.4. The topological polar surface area (TPSA) is 91.2 Å². The van der Waals surface area contributed by atoms with Crippen molar-refractivity contribution in [2.24, 2.45) is 0 Å². The number of hydrogen-bond donors (Lipinski definition) is 1. The Kier molecular flexibility index (Phi) is 6.69. The minimum absolute atomic E-state index is 0.192. The zero-order valence-corrected chi connectivity index (χ0v) is 18.3. The Morgan fingerprint density at radius 2 is 1.94 bits per heavy atom. The Bertz CT molecular complexity index is 1050. The van der Waals surface area contributed by atoms with Gasteiger partial charge in [0.2, 0.25) is 0 Å². The average molecular weight is 422 g/mol. The van der Waals surface area contributed by atoms with Crippen molar-refractivity contribution in [2.75, 3.05) is 19.0 Å². The third-order valence-corrected chi connectivity index (χ3v) is 4.45. The average Bonchev–Trinajstić information content (AvgIpc) is 3.18. The molecule has 0 fully saturated rings. The summed E-state index contributed by atoms with van der Waals surface area (Å²) in [6.45, 7) is 9.68. The van der Waals surface area contributed by atoms with E-state index in [0.29, 0.717) is 23.3 Å². The maximum absolute atomic E-state index is 12.6. The number of hydrogen-bond acceptors (Lipinski definition) is 6. The molecule has 3 rings (SSSR count). The van der Waals surface area contributed by atoms with Crippen LogP contribution in [0.15, 0.2) is 55.4 Å². The highest BCUT2D eigenvalue weighted by Crippen LogP contribution is 2.29. The van der Waals surface area contributed by atoms with E-state index in [1.165, 1.54) is 4.68 Å². The summed E-state index contributed by atoms with van der Waals surface area (Å²) in [6.07, 6.45) is 5.78. The Hall–Kier alpha value is -3.68. The van der Waals surface area contributed by atoms with E-state index in [1.54, 1.807) is 31.6 Å². The predicted molar refractivity (Wildman–Crippen MR) is 119 cm³/mol. The van der Waals surface area contributed by atoms with Crippen LogP contribution in [0, 0.1) is 0 Å². The second-order valence-electron chi connectivity index (χ2n) is 7.94. The van der Waals surface area contributed by atoms with E-state index in [9.17, 15) is 4.79 Å². The number of nitrogens with zero attached hydrogens (tertiary/aromatic N) is 4. The van der Waals surface area contributed by atoms with Crippen molar-refractivity contribution in [1.82, 2.24) is 19.7 Å². The first-order chi connectivity index (χ1) is 14.8. The number of amides is 1. The van der Waals surface area contributed by atoms with Gasteiger partial charge in [-0.05, 0) is 30.2 Å². The molecule has 8 heteroatoms. The number of carbonyl (C=O) groups is 1. The molecule has 0 saturated heterocycles. The van der Waals surface area contributed by atoms with Gasteiger partial charge in [-0.3, -0.25) is 4.79 Å². The van der Waals surface area contributed by atoms with Gasteiger partial charge < -0.3 is 14.8 Å². The van der Waals surface area contributed by atoms with Gasteiger partial charge in [0.05, 0.1) is 12.8 Å². The van der Waals surface area contributed by atoms with Crippen molar-refractivity contribution in [1.29, 1.82) is 0 Å². The molecule has 8 nitrogen and oxygen atoms in total. The lowest BCUT2D eigenvalue weighted by Gasteiger charge is -2.13. The first-order valence-electron chi connectivity index (χ1n) is 9.90. The van der Waals surface area contributed by atoms with Crippen molar-refractivity contribution in [3.05, 3.63) is 66.6 Å².